The van der Waals surface area contributed by atoms with Crippen LogP contribution in [0.25, 0.3) is 0 Å². The van der Waals surface area contributed by atoms with Crippen LogP contribution in [0.1, 0.15) is 24.2 Å². The maximum absolute atomic E-state index is 13.1. The van der Waals surface area contributed by atoms with E-state index in [0.29, 0.717) is 28.7 Å². The van der Waals surface area contributed by atoms with E-state index < -0.39 is 6.04 Å². The molecule has 1 N–H and O–H groups in total. The summed E-state index contributed by atoms with van der Waals surface area (Å²) in [7, 11) is 0. The number of amides is 2. The van der Waals surface area contributed by atoms with Gasteiger partial charge >= 0.3 is 0 Å². The largest absolute Gasteiger partial charge is 0.368 e. The summed E-state index contributed by atoms with van der Waals surface area (Å²) in [6.07, 6.45) is 0. The molecule has 1 atom stereocenters. The Bertz CT molecular complexity index is 863. The third-order valence-corrected chi connectivity index (χ3v) is 5.58. The number of nitrogens with zero attached hydrogens (tertiary/aromatic N) is 2. The Hall–Kier alpha value is -2.24. The van der Waals surface area contributed by atoms with Crippen LogP contribution < -0.4 is 10.2 Å². The minimum absolute atomic E-state index is 0.0234. The molecule has 2 aromatic carbocycles. The first-order valence-electron chi connectivity index (χ1n) is 9.71. The molecule has 29 heavy (non-hydrogen) atoms. The highest BCUT2D eigenvalue weighted by Gasteiger charge is 2.31. The maximum atomic E-state index is 13.1. The van der Waals surface area contributed by atoms with Gasteiger partial charge in [0.05, 0.1) is 0 Å². The molecule has 0 spiro atoms. The first-order valence-corrected chi connectivity index (χ1v) is 10.5. The number of hydrogen-bond acceptors (Lipinski definition) is 3. The molecular weight excluding hydrogens is 409 g/mol. The lowest BCUT2D eigenvalue weighted by Crippen LogP contribution is -2.56. The van der Waals surface area contributed by atoms with Crippen molar-refractivity contribution in [3.8, 4) is 0 Å². The van der Waals surface area contributed by atoms with E-state index in [4.69, 9.17) is 23.2 Å². The Balaban J connectivity index is 1.62. The fourth-order valence-electron chi connectivity index (χ4n) is 3.39. The summed E-state index contributed by atoms with van der Waals surface area (Å²) in [5, 5.41) is 4.16. The molecule has 1 fully saturated rings. The number of halogens is 2. The molecule has 0 saturated carbocycles. The normalized spacial score (nSPS) is 15.3. The lowest BCUT2D eigenvalue weighted by molar-refractivity contribution is -0.134. The van der Waals surface area contributed by atoms with Gasteiger partial charge in [-0.15, -0.1) is 0 Å². The molecule has 0 aliphatic carbocycles. The van der Waals surface area contributed by atoms with Crippen LogP contribution >= 0.6 is 23.2 Å². The Morgan fingerprint density at radius 1 is 0.931 bits per heavy atom. The summed E-state index contributed by atoms with van der Waals surface area (Å²) in [5.74, 6) is -0.343. The Kier molecular flexibility index (Phi) is 7.04. The quantitative estimate of drug-likeness (QED) is 0.771. The second-order valence-corrected chi connectivity index (χ2v) is 8.37. The molecular formula is C22H25Cl2N3O2. The standard InChI is InChI=1S/C22H25Cl2N3O2/c1-15(2)20(25-21(28)16-6-8-17(23)9-7-16)22(29)27-12-10-26(11-13-27)19-5-3-4-18(24)14-19/h3-9,14-15,20H,10-13H2,1-2H3,(H,25,28)/t20-/m0/s1. The number of hydrogen-bond donors (Lipinski definition) is 1. The minimum Gasteiger partial charge on any atom is -0.368 e. The van der Waals surface area contributed by atoms with Crippen LogP contribution in [0.4, 0.5) is 5.69 Å². The van der Waals surface area contributed by atoms with Crippen LogP contribution in [0, 0.1) is 5.92 Å². The molecule has 1 aliphatic rings. The topological polar surface area (TPSA) is 52.7 Å². The van der Waals surface area contributed by atoms with Gasteiger partial charge in [0, 0.05) is 47.5 Å². The number of piperazine rings is 1. The van der Waals surface area contributed by atoms with Gasteiger partial charge < -0.3 is 15.1 Å². The molecule has 2 aromatic rings. The van der Waals surface area contributed by atoms with Gasteiger partial charge in [-0.3, -0.25) is 9.59 Å². The molecule has 1 heterocycles. The number of anilines is 1. The lowest BCUT2D eigenvalue weighted by Gasteiger charge is -2.38. The van der Waals surface area contributed by atoms with E-state index >= 15 is 0 Å². The zero-order valence-corrected chi connectivity index (χ0v) is 18.1. The maximum Gasteiger partial charge on any atom is 0.251 e. The summed E-state index contributed by atoms with van der Waals surface area (Å²) >= 11 is 12.0. The van der Waals surface area contributed by atoms with Crippen molar-refractivity contribution >= 4 is 40.7 Å². The smallest absolute Gasteiger partial charge is 0.251 e. The van der Waals surface area contributed by atoms with E-state index in [9.17, 15) is 9.59 Å². The summed E-state index contributed by atoms with van der Waals surface area (Å²) in [4.78, 5) is 29.7. The van der Waals surface area contributed by atoms with Gasteiger partial charge in [0.25, 0.3) is 5.91 Å². The van der Waals surface area contributed by atoms with Crippen molar-refractivity contribution in [1.29, 1.82) is 0 Å². The first kappa shape index (κ1) is 21.5. The molecule has 0 bridgehead atoms. The van der Waals surface area contributed by atoms with Gasteiger partial charge in [-0.25, -0.2) is 0 Å². The van der Waals surface area contributed by atoms with Gasteiger partial charge in [-0.05, 0) is 48.4 Å². The van der Waals surface area contributed by atoms with Crippen molar-refractivity contribution in [1.82, 2.24) is 10.2 Å². The minimum atomic E-state index is -0.573. The van der Waals surface area contributed by atoms with E-state index in [1.165, 1.54) is 0 Å². The SMILES string of the molecule is CC(C)[C@H](NC(=O)c1ccc(Cl)cc1)C(=O)N1CCN(c2cccc(Cl)c2)CC1. The molecule has 7 heteroatoms. The van der Waals surface area contributed by atoms with Crippen LogP contribution in [0.2, 0.25) is 10.0 Å². The molecule has 5 nitrogen and oxygen atoms in total. The van der Waals surface area contributed by atoms with E-state index in [1.54, 1.807) is 24.3 Å². The van der Waals surface area contributed by atoms with Gasteiger partial charge in [-0.2, -0.15) is 0 Å². The van der Waals surface area contributed by atoms with Crippen LogP contribution in [-0.4, -0.2) is 48.9 Å². The van der Waals surface area contributed by atoms with E-state index in [2.05, 4.69) is 10.2 Å². The zero-order valence-electron chi connectivity index (χ0n) is 16.6. The second kappa shape index (κ2) is 9.51. The summed E-state index contributed by atoms with van der Waals surface area (Å²) in [6.45, 7) is 6.53. The fourth-order valence-corrected chi connectivity index (χ4v) is 3.70. The van der Waals surface area contributed by atoms with Crippen LogP contribution in [0.15, 0.2) is 48.5 Å². The molecule has 0 unspecified atom stereocenters. The highest BCUT2D eigenvalue weighted by atomic mass is 35.5. The van der Waals surface area contributed by atoms with Crippen molar-refractivity contribution in [2.45, 2.75) is 19.9 Å². The van der Waals surface area contributed by atoms with Crippen molar-refractivity contribution in [2.24, 2.45) is 5.92 Å². The number of carbonyl (C=O) groups is 2. The first-order chi connectivity index (χ1) is 13.8. The average Bonchev–Trinajstić information content (AvgIpc) is 2.72. The molecule has 0 radical (unpaired) electrons. The molecule has 154 valence electrons. The molecule has 3 rings (SSSR count). The molecule has 0 aromatic heterocycles. The number of benzene rings is 2. The van der Waals surface area contributed by atoms with Crippen molar-refractivity contribution < 1.29 is 9.59 Å². The van der Waals surface area contributed by atoms with Crippen LogP contribution in [0.3, 0.4) is 0 Å². The monoisotopic (exact) mass is 433 g/mol. The Morgan fingerprint density at radius 2 is 1.59 bits per heavy atom. The zero-order chi connectivity index (χ0) is 21.0. The van der Waals surface area contributed by atoms with E-state index in [0.717, 1.165) is 18.8 Å². The van der Waals surface area contributed by atoms with Gasteiger partial charge in [0.2, 0.25) is 5.91 Å². The summed E-state index contributed by atoms with van der Waals surface area (Å²) < 4.78 is 0. The Morgan fingerprint density at radius 3 is 2.17 bits per heavy atom. The van der Waals surface area contributed by atoms with Crippen molar-refractivity contribution in [2.75, 3.05) is 31.1 Å². The van der Waals surface area contributed by atoms with E-state index in [1.807, 2.05) is 43.0 Å². The molecule has 1 saturated heterocycles. The average molecular weight is 434 g/mol. The van der Waals surface area contributed by atoms with Crippen LogP contribution in [0.5, 0.6) is 0 Å². The third kappa shape index (κ3) is 5.43. The third-order valence-electron chi connectivity index (χ3n) is 5.09. The predicted molar refractivity (Wildman–Crippen MR) is 118 cm³/mol. The van der Waals surface area contributed by atoms with E-state index in [-0.39, 0.29) is 17.7 Å². The van der Waals surface area contributed by atoms with Crippen molar-refractivity contribution in [3.63, 3.8) is 0 Å². The fraction of sp³-hybridized carbons (Fsp3) is 0.364. The van der Waals surface area contributed by atoms with Gasteiger partial charge in [0.1, 0.15) is 6.04 Å². The number of rotatable bonds is 5. The second-order valence-electron chi connectivity index (χ2n) is 7.49. The molecule has 1 aliphatic heterocycles. The van der Waals surface area contributed by atoms with Crippen LogP contribution in [-0.2, 0) is 4.79 Å². The van der Waals surface area contributed by atoms with Gasteiger partial charge in [0.15, 0.2) is 0 Å². The lowest BCUT2D eigenvalue weighted by atomic mass is 10.0. The summed E-state index contributed by atoms with van der Waals surface area (Å²) in [6, 6.07) is 13.8. The predicted octanol–water partition coefficient (Wildman–Crippen LogP) is 4.10. The Labute approximate surface area is 181 Å². The highest BCUT2D eigenvalue weighted by molar-refractivity contribution is 6.31. The summed E-state index contributed by atoms with van der Waals surface area (Å²) in [5.41, 5.74) is 1.54. The number of carbonyl (C=O) groups excluding carboxylic acids is 2. The number of nitrogens with one attached hydrogen (secondary N) is 1. The van der Waals surface area contributed by atoms with Crippen molar-refractivity contribution in [3.05, 3.63) is 64.1 Å². The highest BCUT2D eigenvalue weighted by Crippen LogP contribution is 2.21. The van der Waals surface area contributed by atoms with Gasteiger partial charge in [-0.1, -0.05) is 43.1 Å². The molecule has 2 amide bonds.